The number of aromatic nitrogens is 1. The third-order valence-corrected chi connectivity index (χ3v) is 5.76. The normalized spacial score (nSPS) is 15.4. The molecule has 0 bridgehead atoms. The lowest BCUT2D eigenvalue weighted by Gasteiger charge is -2.28. The molecule has 2 aromatic carbocycles. The summed E-state index contributed by atoms with van der Waals surface area (Å²) in [4.78, 5) is 15.2. The van der Waals surface area contributed by atoms with Crippen molar-refractivity contribution in [3.05, 3.63) is 77.0 Å². The van der Waals surface area contributed by atoms with Crippen molar-refractivity contribution in [2.24, 2.45) is 0 Å². The third kappa shape index (κ3) is 4.40. The Morgan fingerprint density at radius 1 is 1.07 bits per heavy atom. The van der Waals surface area contributed by atoms with Gasteiger partial charge in [0.2, 0.25) is 0 Å². The van der Waals surface area contributed by atoms with Gasteiger partial charge in [-0.2, -0.15) is 0 Å². The number of aryl methyl sites for hydroxylation is 2. The molecule has 0 radical (unpaired) electrons. The van der Waals surface area contributed by atoms with Crippen molar-refractivity contribution in [3.8, 4) is 11.3 Å². The molecule has 2 heterocycles. The van der Waals surface area contributed by atoms with Crippen LogP contribution in [0.5, 0.6) is 0 Å². The number of benzene rings is 2. The highest BCUT2D eigenvalue weighted by Crippen LogP contribution is 2.25. The zero-order valence-electron chi connectivity index (χ0n) is 17.0. The monoisotopic (exact) mass is 389 g/mol. The molecule has 0 spiro atoms. The molecule has 0 saturated carbocycles. The lowest BCUT2D eigenvalue weighted by molar-refractivity contribution is 0.0929. The smallest absolute Gasteiger partial charge is 0.273 e. The molecule has 1 atom stereocenters. The van der Waals surface area contributed by atoms with Crippen molar-refractivity contribution in [2.75, 3.05) is 19.6 Å². The number of hydrogen-bond acceptors (Lipinski definition) is 4. The van der Waals surface area contributed by atoms with Crippen LogP contribution in [-0.2, 0) is 0 Å². The molecule has 3 aromatic rings. The summed E-state index contributed by atoms with van der Waals surface area (Å²) in [6, 6.07) is 18.4. The zero-order chi connectivity index (χ0) is 20.2. The number of carbonyl (C=O) groups excluding carboxylic acids is 1. The molecule has 1 N–H and O–H groups in total. The summed E-state index contributed by atoms with van der Waals surface area (Å²) < 4.78 is 5.44. The van der Waals surface area contributed by atoms with Gasteiger partial charge in [0, 0.05) is 18.2 Å². The van der Waals surface area contributed by atoms with Crippen LogP contribution < -0.4 is 5.32 Å². The number of nitrogens with zero attached hydrogens (tertiary/aromatic N) is 2. The second-order valence-corrected chi connectivity index (χ2v) is 7.76. The SMILES string of the molecule is Cc1ccc(-c2cc(C(=O)NC[C@H](c3ccccc3)N3CCCC3)no2)cc1C. The average Bonchev–Trinajstić information content (AvgIpc) is 3.43. The van der Waals surface area contributed by atoms with Crippen molar-refractivity contribution in [1.29, 1.82) is 0 Å². The number of rotatable bonds is 6. The maximum absolute atomic E-state index is 12.7. The van der Waals surface area contributed by atoms with Crippen LogP contribution in [0.15, 0.2) is 59.1 Å². The topological polar surface area (TPSA) is 58.4 Å². The Kier molecular flexibility index (Phi) is 5.76. The van der Waals surface area contributed by atoms with Gasteiger partial charge in [-0.05, 0) is 62.5 Å². The molecule has 0 unspecified atom stereocenters. The van der Waals surface area contributed by atoms with Gasteiger partial charge in [0.15, 0.2) is 11.5 Å². The minimum Gasteiger partial charge on any atom is -0.355 e. The Hall–Kier alpha value is -2.92. The van der Waals surface area contributed by atoms with E-state index in [0.717, 1.165) is 18.7 Å². The van der Waals surface area contributed by atoms with E-state index in [1.807, 2.05) is 30.3 Å². The number of nitrogens with one attached hydrogen (secondary N) is 1. The second kappa shape index (κ2) is 8.62. The summed E-state index contributed by atoms with van der Waals surface area (Å²) in [5, 5.41) is 7.05. The van der Waals surface area contributed by atoms with E-state index in [1.165, 1.54) is 29.5 Å². The molecule has 1 saturated heterocycles. The van der Waals surface area contributed by atoms with Crippen LogP contribution in [-0.4, -0.2) is 35.6 Å². The van der Waals surface area contributed by atoms with Gasteiger partial charge in [-0.15, -0.1) is 0 Å². The first-order chi connectivity index (χ1) is 14.1. The fourth-order valence-electron chi connectivity index (χ4n) is 3.88. The Labute approximate surface area is 171 Å². The van der Waals surface area contributed by atoms with E-state index in [4.69, 9.17) is 4.52 Å². The minimum absolute atomic E-state index is 0.175. The fraction of sp³-hybridized carbons (Fsp3) is 0.333. The van der Waals surface area contributed by atoms with E-state index in [-0.39, 0.29) is 11.9 Å². The van der Waals surface area contributed by atoms with Gasteiger partial charge in [0.1, 0.15) is 0 Å². The van der Waals surface area contributed by atoms with Gasteiger partial charge in [0.05, 0.1) is 6.04 Å². The standard InChI is InChI=1S/C24H27N3O2/c1-17-10-11-20(14-18(17)2)23-15-21(26-29-23)24(28)25-16-22(27-12-6-7-13-27)19-8-4-3-5-9-19/h3-5,8-11,14-15,22H,6-7,12-13,16H2,1-2H3,(H,25,28)/t22-/m1/s1. The van der Waals surface area contributed by atoms with Crippen molar-refractivity contribution >= 4 is 5.91 Å². The van der Waals surface area contributed by atoms with Crippen LogP contribution in [0.25, 0.3) is 11.3 Å². The molecule has 1 fully saturated rings. The molecular weight excluding hydrogens is 362 g/mol. The molecule has 1 aliphatic rings. The quantitative estimate of drug-likeness (QED) is 0.673. The lowest BCUT2D eigenvalue weighted by atomic mass is 10.0. The molecule has 0 aliphatic carbocycles. The first-order valence-corrected chi connectivity index (χ1v) is 10.2. The molecule has 4 rings (SSSR count). The van der Waals surface area contributed by atoms with Crippen LogP contribution in [0, 0.1) is 13.8 Å². The summed E-state index contributed by atoms with van der Waals surface area (Å²) in [6.45, 7) is 6.81. The van der Waals surface area contributed by atoms with Crippen LogP contribution in [0.4, 0.5) is 0 Å². The largest absolute Gasteiger partial charge is 0.355 e. The molecular formula is C24H27N3O2. The minimum atomic E-state index is -0.205. The Bertz CT molecular complexity index is 975. The van der Waals surface area contributed by atoms with Crippen LogP contribution in [0.2, 0.25) is 0 Å². The van der Waals surface area contributed by atoms with Crippen molar-refractivity contribution in [1.82, 2.24) is 15.4 Å². The highest BCUT2D eigenvalue weighted by Gasteiger charge is 2.24. The van der Waals surface area contributed by atoms with E-state index in [1.54, 1.807) is 6.07 Å². The maximum Gasteiger partial charge on any atom is 0.273 e. The van der Waals surface area contributed by atoms with Gasteiger partial charge in [-0.1, -0.05) is 47.6 Å². The number of likely N-dealkylation sites (tertiary alicyclic amines) is 1. The first kappa shape index (κ1) is 19.4. The summed E-state index contributed by atoms with van der Waals surface area (Å²) in [7, 11) is 0. The average molecular weight is 389 g/mol. The molecule has 1 aliphatic heterocycles. The summed E-state index contributed by atoms with van der Waals surface area (Å²) in [5.74, 6) is 0.404. The highest BCUT2D eigenvalue weighted by molar-refractivity contribution is 5.93. The Balaban J connectivity index is 1.46. The van der Waals surface area contributed by atoms with Crippen molar-refractivity contribution in [3.63, 3.8) is 0 Å². The number of carbonyl (C=O) groups is 1. The van der Waals surface area contributed by atoms with Gasteiger partial charge in [0.25, 0.3) is 5.91 Å². The van der Waals surface area contributed by atoms with E-state index in [0.29, 0.717) is 18.0 Å². The van der Waals surface area contributed by atoms with E-state index in [2.05, 4.69) is 47.4 Å². The van der Waals surface area contributed by atoms with Crippen LogP contribution in [0.1, 0.15) is 46.1 Å². The summed E-state index contributed by atoms with van der Waals surface area (Å²) in [5.41, 5.74) is 4.87. The molecule has 29 heavy (non-hydrogen) atoms. The lowest BCUT2D eigenvalue weighted by Crippen LogP contribution is -2.36. The summed E-state index contributed by atoms with van der Waals surface area (Å²) in [6.07, 6.45) is 2.42. The van der Waals surface area contributed by atoms with E-state index >= 15 is 0 Å². The van der Waals surface area contributed by atoms with Crippen LogP contribution in [0.3, 0.4) is 0 Å². The zero-order valence-corrected chi connectivity index (χ0v) is 17.0. The van der Waals surface area contributed by atoms with E-state index in [9.17, 15) is 4.79 Å². The van der Waals surface area contributed by atoms with Crippen molar-refractivity contribution in [2.45, 2.75) is 32.7 Å². The van der Waals surface area contributed by atoms with Gasteiger partial charge >= 0.3 is 0 Å². The molecule has 5 nitrogen and oxygen atoms in total. The Morgan fingerprint density at radius 3 is 2.55 bits per heavy atom. The second-order valence-electron chi connectivity index (χ2n) is 7.76. The molecule has 5 heteroatoms. The van der Waals surface area contributed by atoms with Gasteiger partial charge in [-0.25, -0.2) is 0 Å². The molecule has 150 valence electrons. The highest BCUT2D eigenvalue weighted by atomic mass is 16.5. The molecule has 1 aromatic heterocycles. The van der Waals surface area contributed by atoms with Crippen LogP contribution >= 0.6 is 0 Å². The summed E-state index contributed by atoms with van der Waals surface area (Å²) >= 11 is 0. The third-order valence-electron chi connectivity index (χ3n) is 5.76. The van der Waals surface area contributed by atoms with Crippen molar-refractivity contribution < 1.29 is 9.32 Å². The first-order valence-electron chi connectivity index (χ1n) is 10.2. The number of amides is 1. The Morgan fingerprint density at radius 2 is 1.83 bits per heavy atom. The van der Waals surface area contributed by atoms with E-state index < -0.39 is 0 Å². The predicted octanol–water partition coefficient (Wildman–Crippen LogP) is 4.53. The van der Waals surface area contributed by atoms with Gasteiger partial charge in [-0.3, -0.25) is 9.69 Å². The maximum atomic E-state index is 12.7. The number of hydrogen-bond donors (Lipinski definition) is 1. The predicted molar refractivity (Wildman–Crippen MR) is 114 cm³/mol. The van der Waals surface area contributed by atoms with Gasteiger partial charge < -0.3 is 9.84 Å². The fourth-order valence-corrected chi connectivity index (χ4v) is 3.88. The molecule has 1 amide bonds.